The number of rotatable bonds is 16. The molecule has 4 N–H and O–H groups in total. The van der Waals surface area contributed by atoms with Crippen molar-refractivity contribution in [2.45, 2.75) is 64.1 Å². The average Bonchev–Trinajstić information content (AvgIpc) is 2.98. The minimum atomic E-state index is -1.13. The van der Waals surface area contributed by atoms with Crippen LogP contribution in [0.3, 0.4) is 0 Å². The molecule has 1 fully saturated rings. The summed E-state index contributed by atoms with van der Waals surface area (Å²) in [6, 6.07) is 16.2. The summed E-state index contributed by atoms with van der Waals surface area (Å²) in [5, 5.41) is 18.1. The van der Waals surface area contributed by atoms with Gasteiger partial charge in [0.05, 0.1) is 19.8 Å². The molecule has 3 rings (SSSR count). The molecule has 0 bridgehead atoms. The first-order chi connectivity index (χ1) is 20.2. The lowest BCUT2D eigenvalue weighted by Crippen LogP contribution is -2.57. The first-order valence-corrected chi connectivity index (χ1v) is 14.7. The molecule has 1 heterocycles. The number of nitrogens with one attached hydrogen (secondary N) is 3. The zero-order chi connectivity index (χ0) is 30.3. The number of hydrogen-bond acceptors (Lipinski definition) is 6. The number of hydrogen-bond donors (Lipinski definition) is 4. The highest BCUT2D eigenvalue weighted by atomic mass is 16.5. The lowest BCUT2D eigenvalue weighted by molar-refractivity contribution is -0.142. The van der Waals surface area contributed by atoms with E-state index in [0.29, 0.717) is 52.0 Å². The molecule has 10 heteroatoms. The van der Waals surface area contributed by atoms with Crippen LogP contribution in [0.1, 0.15) is 44.2 Å². The van der Waals surface area contributed by atoms with E-state index in [0.717, 1.165) is 11.1 Å². The van der Waals surface area contributed by atoms with Gasteiger partial charge in [0.2, 0.25) is 17.7 Å². The number of aryl methyl sites for hydroxylation is 2. The maximum Gasteiger partial charge on any atom is 0.326 e. The summed E-state index contributed by atoms with van der Waals surface area (Å²) in [6.45, 7) is 6.39. The van der Waals surface area contributed by atoms with Gasteiger partial charge >= 0.3 is 5.97 Å². The minimum absolute atomic E-state index is 0.0485. The average molecular weight is 581 g/mol. The van der Waals surface area contributed by atoms with E-state index in [1.807, 2.05) is 79.4 Å². The van der Waals surface area contributed by atoms with E-state index in [4.69, 9.17) is 4.74 Å². The lowest BCUT2D eigenvalue weighted by Gasteiger charge is -2.28. The molecule has 1 aliphatic rings. The van der Waals surface area contributed by atoms with Crippen molar-refractivity contribution >= 4 is 23.7 Å². The van der Waals surface area contributed by atoms with E-state index in [9.17, 15) is 24.3 Å². The van der Waals surface area contributed by atoms with Crippen LogP contribution >= 0.6 is 0 Å². The Morgan fingerprint density at radius 3 is 1.79 bits per heavy atom. The summed E-state index contributed by atoms with van der Waals surface area (Å²) in [6.07, 6.45) is 1.91. The van der Waals surface area contributed by atoms with Crippen molar-refractivity contribution in [2.24, 2.45) is 5.92 Å². The molecule has 0 radical (unpaired) electrons. The Labute approximate surface area is 248 Å². The molecule has 10 nitrogen and oxygen atoms in total. The van der Waals surface area contributed by atoms with Crippen LogP contribution in [0.2, 0.25) is 0 Å². The normalized spacial score (nSPS) is 15.8. The summed E-state index contributed by atoms with van der Waals surface area (Å²) in [4.78, 5) is 53.8. The summed E-state index contributed by atoms with van der Waals surface area (Å²) < 4.78 is 5.35. The van der Waals surface area contributed by atoms with Crippen LogP contribution in [0.25, 0.3) is 0 Å². The Bertz CT molecular complexity index is 1140. The molecule has 42 heavy (non-hydrogen) atoms. The number of carbonyl (C=O) groups is 4. The van der Waals surface area contributed by atoms with Crippen molar-refractivity contribution in [3.8, 4) is 0 Å². The Kier molecular flexibility index (Phi) is 13.5. The number of aliphatic carboxylic acids is 1. The number of benzene rings is 2. The number of amides is 3. The monoisotopic (exact) mass is 580 g/mol. The van der Waals surface area contributed by atoms with Gasteiger partial charge in [-0.05, 0) is 49.1 Å². The summed E-state index contributed by atoms with van der Waals surface area (Å²) in [5.74, 6) is -2.39. The van der Waals surface area contributed by atoms with Gasteiger partial charge in [0, 0.05) is 13.1 Å². The van der Waals surface area contributed by atoms with Gasteiger partial charge < -0.3 is 25.8 Å². The van der Waals surface area contributed by atoms with E-state index in [1.165, 1.54) is 0 Å². The zero-order valence-corrected chi connectivity index (χ0v) is 24.6. The van der Waals surface area contributed by atoms with E-state index in [-0.39, 0.29) is 24.8 Å². The third-order valence-electron chi connectivity index (χ3n) is 7.21. The Hall–Kier alpha value is -3.76. The number of nitrogens with zero attached hydrogens (tertiary/aromatic N) is 1. The number of morpholine rings is 1. The van der Waals surface area contributed by atoms with Crippen molar-refractivity contribution in [3.63, 3.8) is 0 Å². The van der Waals surface area contributed by atoms with Gasteiger partial charge in [0.1, 0.15) is 18.1 Å². The predicted octanol–water partition coefficient (Wildman–Crippen LogP) is 2.17. The summed E-state index contributed by atoms with van der Waals surface area (Å²) >= 11 is 0. The third kappa shape index (κ3) is 11.6. The number of carbonyl (C=O) groups excluding carboxylic acids is 3. The van der Waals surface area contributed by atoms with Crippen LogP contribution in [0.15, 0.2) is 60.7 Å². The number of carboxylic acid groups (broad SMARTS) is 1. The molecular formula is C32H44N4O6. The van der Waals surface area contributed by atoms with Crippen LogP contribution < -0.4 is 16.0 Å². The molecule has 0 aromatic heterocycles. The second-order valence-electron chi connectivity index (χ2n) is 11.1. The van der Waals surface area contributed by atoms with Crippen molar-refractivity contribution in [1.82, 2.24) is 20.9 Å². The first-order valence-electron chi connectivity index (χ1n) is 14.7. The van der Waals surface area contributed by atoms with E-state index in [1.54, 1.807) is 0 Å². The zero-order valence-electron chi connectivity index (χ0n) is 24.6. The molecule has 1 saturated heterocycles. The fraction of sp³-hybridized carbons (Fsp3) is 0.500. The van der Waals surface area contributed by atoms with Crippen molar-refractivity contribution in [1.29, 1.82) is 0 Å². The molecule has 0 spiro atoms. The molecule has 3 amide bonds. The van der Waals surface area contributed by atoms with Gasteiger partial charge in [0.25, 0.3) is 0 Å². The largest absolute Gasteiger partial charge is 0.480 e. The summed E-state index contributed by atoms with van der Waals surface area (Å²) in [7, 11) is 0. The molecule has 0 unspecified atom stereocenters. The topological polar surface area (TPSA) is 137 Å². The second-order valence-corrected chi connectivity index (χ2v) is 11.1. The SMILES string of the molecule is CC(C)C[C@H](NC(=O)[C@H](CCc1ccccc1)NC(=O)CN1CCOCC1)C(=O)N[C@@H](CCc1ccccc1)C(=O)O. The molecular weight excluding hydrogens is 536 g/mol. The molecule has 0 aliphatic carbocycles. The van der Waals surface area contributed by atoms with Crippen molar-refractivity contribution in [2.75, 3.05) is 32.8 Å². The maximum absolute atomic E-state index is 13.6. The van der Waals surface area contributed by atoms with E-state index in [2.05, 4.69) is 16.0 Å². The van der Waals surface area contributed by atoms with Crippen LogP contribution in [-0.4, -0.2) is 84.7 Å². The number of carboxylic acids is 1. The Morgan fingerprint density at radius 1 is 0.762 bits per heavy atom. The van der Waals surface area contributed by atoms with E-state index >= 15 is 0 Å². The third-order valence-corrected chi connectivity index (χ3v) is 7.21. The van der Waals surface area contributed by atoms with Gasteiger partial charge in [0.15, 0.2) is 0 Å². The summed E-state index contributed by atoms with van der Waals surface area (Å²) in [5.41, 5.74) is 2.00. The molecule has 2 aromatic rings. The highest BCUT2D eigenvalue weighted by Gasteiger charge is 2.30. The maximum atomic E-state index is 13.6. The van der Waals surface area contributed by atoms with Crippen molar-refractivity contribution in [3.05, 3.63) is 71.8 Å². The standard InChI is InChI=1S/C32H44N4O6/c1-23(2)21-28(31(39)34-27(32(40)41)16-14-25-11-7-4-8-12-25)35-30(38)26(15-13-24-9-5-3-6-10-24)33-29(37)22-36-17-19-42-20-18-36/h3-12,23,26-28H,13-22H2,1-2H3,(H,33,37)(H,34,39)(H,35,38)(H,40,41)/t26-,27-,28-/m0/s1. The molecule has 3 atom stereocenters. The predicted molar refractivity (Wildman–Crippen MR) is 160 cm³/mol. The smallest absolute Gasteiger partial charge is 0.326 e. The fourth-order valence-corrected chi connectivity index (χ4v) is 4.89. The number of ether oxygens (including phenoxy) is 1. The fourth-order valence-electron chi connectivity index (χ4n) is 4.89. The highest BCUT2D eigenvalue weighted by molar-refractivity contribution is 5.93. The van der Waals surface area contributed by atoms with Gasteiger partial charge in [-0.15, -0.1) is 0 Å². The van der Waals surface area contributed by atoms with E-state index < -0.39 is 35.9 Å². The van der Waals surface area contributed by atoms with Gasteiger partial charge in [-0.25, -0.2) is 4.79 Å². The Morgan fingerprint density at radius 2 is 1.26 bits per heavy atom. The second kappa shape index (κ2) is 17.3. The minimum Gasteiger partial charge on any atom is -0.480 e. The van der Waals surface area contributed by atoms with Crippen LogP contribution in [0.4, 0.5) is 0 Å². The molecule has 1 aliphatic heterocycles. The van der Waals surface area contributed by atoms with Crippen LogP contribution in [-0.2, 0) is 36.8 Å². The quantitative estimate of drug-likeness (QED) is 0.239. The highest BCUT2D eigenvalue weighted by Crippen LogP contribution is 2.11. The van der Waals surface area contributed by atoms with Crippen LogP contribution in [0, 0.1) is 5.92 Å². The molecule has 228 valence electrons. The molecule has 2 aromatic carbocycles. The van der Waals surface area contributed by atoms with Crippen LogP contribution in [0.5, 0.6) is 0 Å². The van der Waals surface area contributed by atoms with Gasteiger partial charge in [-0.3, -0.25) is 19.3 Å². The van der Waals surface area contributed by atoms with Crippen molar-refractivity contribution < 1.29 is 29.0 Å². The van der Waals surface area contributed by atoms with Gasteiger partial charge in [-0.2, -0.15) is 0 Å². The Balaban J connectivity index is 1.67. The molecule has 0 saturated carbocycles. The van der Waals surface area contributed by atoms with Gasteiger partial charge in [-0.1, -0.05) is 74.5 Å². The lowest BCUT2D eigenvalue weighted by atomic mass is 10.00. The first kappa shape index (κ1) is 32.8.